The molecule has 1 aromatic heterocycles. The number of likely N-dealkylation sites (tertiary alicyclic amines) is 1. The van der Waals surface area contributed by atoms with E-state index in [4.69, 9.17) is 0 Å². The van der Waals surface area contributed by atoms with Gasteiger partial charge in [-0.15, -0.1) is 0 Å². The zero-order chi connectivity index (χ0) is 19.4. The van der Waals surface area contributed by atoms with Gasteiger partial charge in [0.05, 0.1) is 17.4 Å². The summed E-state index contributed by atoms with van der Waals surface area (Å²) in [7, 11) is 3.75. The van der Waals surface area contributed by atoms with Gasteiger partial charge in [-0.05, 0) is 37.7 Å². The Balaban J connectivity index is 1.58. The SMILES string of the molecule is Cc1nc(N(C)C)ncc1C(=O)N1CCC(C(O)Cc2ccccc2)CC1. The number of anilines is 1. The van der Waals surface area contributed by atoms with E-state index in [1.54, 1.807) is 6.20 Å². The maximum Gasteiger partial charge on any atom is 0.257 e. The largest absolute Gasteiger partial charge is 0.392 e. The Morgan fingerprint density at radius 2 is 1.93 bits per heavy atom. The molecule has 1 aliphatic rings. The number of hydrogen-bond acceptors (Lipinski definition) is 5. The van der Waals surface area contributed by atoms with Crippen molar-refractivity contribution < 1.29 is 9.90 Å². The highest BCUT2D eigenvalue weighted by atomic mass is 16.3. The second-order valence-electron chi connectivity index (χ2n) is 7.45. The van der Waals surface area contributed by atoms with Gasteiger partial charge in [0.25, 0.3) is 5.91 Å². The van der Waals surface area contributed by atoms with Crippen LogP contribution in [0.15, 0.2) is 36.5 Å². The zero-order valence-corrected chi connectivity index (χ0v) is 16.3. The van der Waals surface area contributed by atoms with E-state index in [1.807, 2.05) is 61.2 Å². The molecule has 0 bridgehead atoms. The van der Waals surface area contributed by atoms with Gasteiger partial charge in [0.1, 0.15) is 0 Å². The average molecular weight is 368 g/mol. The van der Waals surface area contributed by atoms with Crippen LogP contribution >= 0.6 is 0 Å². The van der Waals surface area contributed by atoms with E-state index < -0.39 is 0 Å². The summed E-state index contributed by atoms with van der Waals surface area (Å²) in [5.41, 5.74) is 2.41. The Morgan fingerprint density at radius 1 is 1.26 bits per heavy atom. The number of carbonyl (C=O) groups excluding carboxylic acids is 1. The highest BCUT2D eigenvalue weighted by molar-refractivity contribution is 5.95. The summed E-state index contributed by atoms with van der Waals surface area (Å²) in [4.78, 5) is 25.2. The van der Waals surface area contributed by atoms with Gasteiger partial charge in [-0.2, -0.15) is 0 Å². The Hall–Kier alpha value is -2.47. The molecule has 1 saturated heterocycles. The molecule has 1 unspecified atom stereocenters. The summed E-state index contributed by atoms with van der Waals surface area (Å²) >= 11 is 0. The van der Waals surface area contributed by atoms with E-state index in [0.717, 1.165) is 18.4 Å². The third-order valence-corrected chi connectivity index (χ3v) is 5.26. The molecule has 27 heavy (non-hydrogen) atoms. The molecule has 0 aliphatic carbocycles. The van der Waals surface area contributed by atoms with Crippen LogP contribution in [-0.4, -0.2) is 59.2 Å². The number of amides is 1. The van der Waals surface area contributed by atoms with Crippen LogP contribution in [0.3, 0.4) is 0 Å². The van der Waals surface area contributed by atoms with Crippen molar-refractivity contribution in [1.29, 1.82) is 0 Å². The molecule has 1 N–H and O–H groups in total. The maximum atomic E-state index is 12.8. The van der Waals surface area contributed by atoms with Crippen molar-refractivity contribution in [2.75, 3.05) is 32.1 Å². The Labute approximate surface area is 160 Å². The molecule has 1 aliphatic heterocycles. The van der Waals surface area contributed by atoms with Crippen molar-refractivity contribution in [3.05, 3.63) is 53.3 Å². The van der Waals surface area contributed by atoms with Crippen LogP contribution < -0.4 is 4.90 Å². The predicted octanol–water partition coefficient (Wildman–Crippen LogP) is 2.31. The number of piperidine rings is 1. The summed E-state index contributed by atoms with van der Waals surface area (Å²) < 4.78 is 0. The second-order valence-corrected chi connectivity index (χ2v) is 7.45. The first-order valence-corrected chi connectivity index (χ1v) is 9.48. The number of hydrogen-bond donors (Lipinski definition) is 1. The lowest BCUT2D eigenvalue weighted by atomic mass is 9.87. The maximum absolute atomic E-state index is 12.8. The number of aliphatic hydroxyl groups is 1. The van der Waals surface area contributed by atoms with E-state index in [0.29, 0.717) is 36.7 Å². The Morgan fingerprint density at radius 3 is 2.52 bits per heavy atom. The molecule has 0 spiro atoms. The number of aliphatic hydroxyl groups excluding tert-OH is 1. The van der Waals surface area contributed by atoms with Gasteiger partial charge in [0.2, 0.25) is 5.95 Å². The van der Waals surface area contributed by atoms with E-state index in [2.05, 4.69) is 9.97 Å². The quantitative estimate of drug-likeness (QED) is 0.877. The fourth-order valence-electron chi connectivity index (χ4n) is 3.56. The van der Waals surface area contributed by atoms with Gasteiger partial charge in [0.15, 0.2) is 0 Å². The molecule has 0 radical (unpaired) electrons. The topological polar surface area (TPSA) is 69.6 Å². The zero-order valence-electron chi connectivity index (χ0n) is 16.3. The number of carbonyl (C=O) groups is 1. The monoisotopic (exact) mass is 368 g/mol. The minimum absolute atomic E-state index is 0.0196. The van der Waals surface area contributed by atoms with Crippen molar-refractivity contribution in [2.45, 2.75) is 32.3 Å². The smallest absolute Gasteiger partial charge is 0.257 e. The van der Waals surface area contributed by atoms with E-state index in [9.17, 15) is 9.90 Å². The van der Waals surface area contributed by atoms with Gasteiger partial charge < -0.3 is 14.9 Å². The molecular formula is C21H28N4O2. The molecule has 2 aromatic rings. The summed E-state index contributed by atoms with van der Waals surface area (Å²) in [5, 5.41) is 10.6. The van der Waals surface area contributed by atoms with Gasteiger partial charge in [-0.3, -0.25) is 4.79 Å². The van der Waals surface area contributed by atoms with Crippen LogP contribution in [0.2, 0.25) is 0 Å². The number of aromatic nitrogens is 2. The fourth-order valence-corrected chi connectivity index (χ4v) is 3.56. The first-order chi connectivity index (χ1) is 13.0. The molecular weight excluding hydrogens is 340 g/mol. The van der Waals surface area contributed by atoms with Crippen LogP contribution in [0.25, 0.3) is 0 Å². The lowest BCUT2D eigenvalue weighted by molar-refractivity contribution is 0.0466. The molecule has 3 rings (SSSR count). The van der Waals surface area contributed by atoms with Crippen LogP contribution in [0, 0.1) is 12.8 Å². The minimum atomic E-state index is -0.367. The number of rotatable bonds is 5. The molecule has 1 aromatic carbocycles. The van der Waals surface area contributed by atoms with Crippen LogP contribution in [0.5, 0.6) is 0 Å². The van der Waals surface area contributed by atoms with Crippen molar-refractivity contribution in [3.63, 3.8) is 0 Å². The van der Waals surface area contributed by atoms with Gasteiger partial charge in [-0.25, -0.2) is 9.97 Å². The standard InChI is InChI=1S/C21H28N4O2/c1-15-18(14-22-21(23-15)24(2)3)20(27)25-11-9-17(10-12-25)19(26)13-16-7-5-4-6-8-16/h4-8,14,17,19,26H,9-13H2,1-3H3. The summed E-state index contributed by atoms with van der Waals surface area (Å²) in [6.45, 7) is 3.16. The Bertz CT molecular complexity index is 771. The van der Waals surface area contributed by atoms with Crippen molar-refractivity contribution in [1.82, 2.24) is 14.9 Å². The Kier molecular flexibility index (Phi) is 6.06. The third kappa shape index (κ3) is 4.63. The van der Waals surface area contributed by atoms with Crippen LogP contribution in [0.4, 0.5) is 5.95 Å². The summed E-state index contributed by atoms with van der Waals surface area (Å²) in [5.74, 6) is 0.809. The van der Waals surface area contributed by atoms with E-state index in [1.165, 1.54) is 0 Å². The molecule has 2 heterocycles. The minimum Gasteiger partial charge on any atom is -0.392 e. The molecule has 1 fully saturated rings. The van der Waals surface area contributed by atoms with Crippen molar-refractivity contribution in [3.8, 4) is 0 Å². The molecule has 1 atom stereocenters. The van der Waals surface area contributed by atoms with Gasteiger partial charge in [-0.1, -0.05) is 30.3 Å². The lowest BCUT2D eigenvalue weighted by Gasteiger charge is -2.34. The molecule has 6 heteroatoms. The molecule has 0 saturated carbocycles. The number of benzene rings is 1. The summed E-state index contributed by atoms with van der Waals surface area (Å²) in [6.07, 6.45) is 3.55. The molecule has 1 amide bonds. The normalized spacial score (nSPS) is 16.2. The second kappa shape index (κ2) is 8.48. The van der Waals surface area contributed by atoms with Gasteiger partial charge in [0, 0.05) is 33.4 Å². The highest BCUT2D eigenvalue weighted by Crippen LogP contribution is 2.24. The van der Waals surface area contributed by atoms with Crippen LogP contribution in [-0.2, 0) is 6.42 Å². The lowest BCUT2D eigenvalue weighted by Crippen LogP contribution is -2.42. The predicted molar refractivity (Wildman–Crippen MR) is 106 cm³/mol. The first kappa shape index (κ1) is 19.3. The van der Waals surface area contributed by atoms with E-state index >= 15 is 0 Å². The van der Waals surface area contributed by atoms with Crippen LogP contribution in [0.1, 0.15) is 34.5 Å². The first-order valence-electron chi connectivity index (χ1n) is 9.48. The average Bonchev–Trinajstić information content (AvgIpc) is 2.68. The molecule has 6 nitrogen and oxygen atoms in total. The number of aryl methyl sites for hydroxylation is 1. The van der Waals surface area contributed by atoms with Crippen molar-refractivity contribution >= 4 is 11.9 Å². The highest BCUT2D eigenvalue weighted by Gasteiger charge is 2.29. The fraction of sp³-hybridized carbons (Fsp3) is 0.476. The summed E-state index contributed by atoms with van der Waals surface area (Å²) in [6, 6.07) is 10.1. The van der Waals surface area contributed by atoms with Crippen molar-refractivity contribution in [2.24, 2.45) is 5.92 Å². The molecule has 144 valence electrons. The number of nitrogens with zero attached hydrogens (tertiary/aromatic N) is 4. The third-order valence-electron chi connectivity index (χ3n) is 5.26. The van der Waals surface area contributed by atoms with Gasteiger partial charge >= 0.3 is 0 Å². The van der Waals surface area contributed by atoms with E-state index in [-0.39, 0.29) is 17.9 Å².